The van der Waals surface area contributed by atoms with Crippen molar-refractivity contribution in [1.29, 1.82) is 0 Å². The molecule has 0 unspecified atom stereocenters. The van der Waals surface area contributed by atoms with E-state index in [2.05, 4.69) is 19.0 Å². The van der Waals surface area contributed by atoms with Crippen LogP contribution >= 0.6 is 0 Å². The number of fused-ring (bicyclic) bond motifs is 1. The van der Waals surface area contributed by atoms with Crippen LogP contribution in [0.5, 0.6) is 0 Å². The monoisotopic (exact) mass is 239 g/mol. The normalized spacial score (nSPS) is 40.9. The van der Waals surface area contributed by atoms with E-state index < -0.39 is 11.2 Å². The summed E-state index contributed by atoms with van der Waals surface area (Å²) in [4.78, 5) is 2.17. The maximum absolute atomic E-state index is 10.8. The van der Waals surface area contributed by atoms with E-state index >= 15 is 0 Å². The molecule has 3 atom stereocenters. The molecule has 3 heteroatoms. The van der Waals surface area contributed by atoms with Crippen LogP contribution in [0.25, 0.3) is 0 Å². The van der Waals surface area contributed by atoms with Crippen molar-refractivity contribution in [3.8, 4) is 0 Å². The van der Waals surface area contributed by atoms with Crippen molar-refractivity contribution in [2.45, 2.75) is 49.7 Å². The highest BCUT2D eigenvalue weighted by atomic mass is 16.4. The van der Waals surface area contributed by atoms with E-state index in [1.54, 1.807) is 0 Å². The van der Waals surface area contributed by atoms with E-state index in [0.717, 1.165) is 32.2 Å². The maximum Gasteiger partial charge on any atom is 0.0998 e. The molecule has 17 heavy (non-hydrogen) atoms. The Kier molecular flexibility index (Phi) is 3.62. The first-order valence-electron chi connectivity index (χ1n) is 6.72. The van der Waals surface area contributed by atoms with Crippen molar-refractivity contribution in [2.24, 2.45) is 5.92 Å². The molecule has 0 spiro atoms. The fraction of sp³-hybridized carbons (Fsp3) is 0.857. The standard InChI is InChI=1S/C14H25NO2/c1-15(2)11-5-6-12-7-10-13(16)8-3-4-9-14(12,13)17/h3-4,12,16-17H,5-11H2,1-2H3/t12-,13+,14+/m1/s1. The fourth-order valence-electron chi connectivity index (χ4n) is 3.46. The van der Waals surface area contributed by atoms with E-state index in [9.17, 15) is 10.2 Å². The van der Waals surface area contributed by atoms with Crippen molar-refractivity contribution < 1.29 is 10.2 Å². The van der Waals surface area contributed by atoms with Crippen molar-refractivity contribution in [1.82, 2.24) is 4.90 Å². The first-order chi connectivity index (χ1) is 7.98. The summed E-state index contributed by atoms with van der Waals surface area (Å²) in [5, 5.41) is 21.3. The summed E-state index contributed by atoms with van der Waals surface area (Å²) in [6.45, 7) is 1.06. The number of aliphatic hydroxyl groups is 2. The van der Waals surface area contributed by atoms with Gasteiger partial charge in [-0.2, -0.15) is 0 Å². The SMILES string of the molecule is CN(C)CCC[C@@H]1CC[C@@]2(O)CC=CC[C@]12O. The van der Waals surface area contributed by atoms with Crippen LogP contribution in [-0.4, -0.2) is 47.0 Å². The van der Waals surface area contributed by atoms with Crippen LogP contribution < -0.4 is 0 Å². The second kappa shape index (κ2) is 4.71. The molecule has 1 saturated carbocycles. The van der Waals surface area contributed by atoms with Crippen LogP contribution in [0.1, 0.15) is 38.5 Å². The van der Waals surface area contributed by atoms with Crippen molar-refractivity contribution >= 4 is 0 Å². The zero-order valence-corrected chi connectivity index (χ0v) is 11.0. The van der Waals surface area contributed by atoms with Crippen LogP contribution in [0.15, 0.2) is 12.2 Å². The van der Waals surface area contributed by atoms with Gasteiger partial charge in [0.25, 0.3) is 0 Å². The maximum atomic E-state index is 10.8. The molecule has 0 aromatic heterocycles. The lowest BCUT2D eigenvalue weighted by molar-refractivity contribution is -0.152. The van der Waals surface area contributed by atoms with Gasteiger partial charge >= 0.3 is 0 Å². The quantitative estimate of drug-likeness (QED) is 0.732. The van der Waals surface area contributed by atoms with Gasteiger partial charge in [0, 0.05) is 0 Å². The Balaban J connectivity index is 1.98. The number of nitrogens with zero attached hydrogens (tertiary/aromatic N) is 1. The molecular formula is C14H25NO2. The van der Waals surface area contributed by atoms with E-state index in [4.69, 9.17) is 0 Å². The van der Waals surface area contributed by atoms with Crippen LogP contribution in [-0.2, 0) is 0 Å². The average molecular weight is 239 g/mol. The third kappa shape index (κ3) is 2.28. The molecule has 0 amide bonds. The van der Waals surface area contributed by atoms with Gasteiger partial charge in [-0.1, -0.05) is 12.2 Å². The molecule has 0 aromatic carbocycles. The molecule has 3 nitrogen and oxygen atoms in total. The Hall–Kier alpha value is -0.380. The van der Waals surface area contributed by atoms with Gasteiger partial charge in [0.05, 0.1) is 11.2 Å². The number of rotatable bonds is 4. The molecular weight excluding hydrogens is 214 g/mol. The van der Waals surface area contributed by atoms with Crippen LogP contribution in [0.2, 0.25) is 0 Å². The third-order valence-electron chi connectivity index (χ3n) is 4.60. The van der Waals surface area contributed by atoms with E-state index in [1.807, 2.05) is 12.2 Å². The fourth-order valence-corrected chi connectivity index (χ4v) is 3.46. The summed E-state index contributed by atoms with van der Waals surface area (Å²) in [5.41, 5.74) is -1.72. The Labute approximate surface area is 104 Å². The average Bonchev–Trinajstić information content (AvgIpc) is 2.52. The molecule has 0 bridgehead atoms. The minimum Gasteiger partial charge on any atom is -0.387 e. The Morgan fingerprint density at radius 2 is 1.94 bits per heavy atom. The van der Waals surface area contributed by atoms with Crippen molar-refractivity contribution in [2.75, 3.05) is 20.6 Å². The zero-order valence-electron chi connectivity index (χ0n) is 11.0. The van der Waals surface area contributed by atoms with Gasteiger partial charge in [-0.3, -0.25) is 0 Å². The molecule has 0 aromatic rings. The minimum atomic E-state index is -0.867. The lowest BCUT2D eigenvalue weighted by atomic mass is 9.72. The molecule has 0 aliphatic heterocycles. The highest BCUT2D eigenvalue weighted by Gasteiger charge is 2.57. The predicted octanol–water partition coefficient (Wildman–Crippen LogP) is 1.55. The lowest BCUT2D eigenvalue weighted by Gasteiger charge is -2.43. The van der Waals surface area contributed by atoms with E-state index in [1.165, 1.54) is 0 Å². The van der Waals surface area contributed by atoms with Gasteiger partial charge in [-0.25, -0.2) is 0 Å². The summed E-state index contributed by atoms with van der Waals surface area (Å²) in [7, 11) is 4.14. The molecule has 2 rings (SSSR count). The van der Waals surface area contributed by atoms with Crippen LogP contribution in [0.3, 0.4) is 0 Å². The van der Waals surface area contributed by atoms with Gasteiger partial charge in [-0.05, 0) is 65.1 Å². The Morgan fingerprint density at radius 1 is 1.24 bits per heavy atom. The first kappa shape index (κ1) is 13.1. The Morgan fingerprint density at radius 3 is 2.65 bits per heavy atom. The van der Waals surface area contributed by atoms with Crippen LogP contribution in [0, 0.1) is 5.92 Å². The third-order valence-corrected chi connectivity index (χ3v) is 4.60. The Bertz CT molecular complexity index is 303. The second-order valence-electron chi connectivity index (χ2n) is 6.02. The zero-order chi connectivity index (χ0) is 12.5. The molecule has 0 heterocycles. The summed E-state index contributed by atoms with van der Waals surface area (Å²) >= 11 is 0. The molecule has 0 saturated heterocycles. The largest absolute Gasteiger partial charge is 0.387 e. The van der Waals surface area contributed by atoms with Gasteiger partial charge in [0.2, 0.25) is 0 Å². The molecule has 0 radical (unpaired) electrons. The molecule has 98 valence electrons. The van der Waals surface area contributed by atoms with Gasteiger partial charge in [0.15, 0.2) is 0 Å². The molecule has 1 fully saturated rings. The van der Waals surface area contributed by atoms with E-state index in [0.29, 0.717) is 12.8 Å². The van der Waals surface area contributed by atoms with Crippen molar-refractivity contribution in [3.63, 3.8) is 0 Å². The first-order valence-corrected chi connectivity index (χ1v) is 6.72. The van der Waals surface area contributed by atoms with Crippen molar-refractivity contribution in [3.05, 3.63) is 12.2 Å². The minimum absolute atomic E-state index is 0.261. The molecule has 2 aliphatic carbocycles. The smallest absolute Gasteiger partial charge is 0.0998 e. The highest BCUT2D eigenvalue weighted by molar-refractivity contribution is 5.18. The summed E-state index contributed by atoms with van der Waals surface area (Å²) in [6.07, 6.45) is 9.10. The van der Waals surface area contributed by atoms with Gasteiger partial charge in [0.1, 0.15) is 0 Å². The molecule has 2 N–H and O–H groups in total. The molecule has 2 aliphatic rings. The number of hydrogen-bond donors (Lipinski definition) is 2. The predicted molar refractivity (Wildman–Crippen MR) is 68.8 cm³/mol. The van der Waals surface area contributed by atoms with Gasteiger partial charge < -0.3 is 15.1 Å². The lowest BCUT2D eigenvalue weighted by Crippen LogP contribution is -2.54. The highest BCUT2D eigenvalue weighted by Crippen LogP contribution is 2.51. The number of hydrogen-bond acceptors (Lipinski definition) is 3. The summed E-state index contributed by atoms with van der Waals surface area (Å²) in [5.74, 6) is 0.261. The van der Waals surface area contributed by atoms with E-state index in [-0.39, 0.29) is 5.92 Å². The van der Waals surface area contributed by atoms with Crippen LogP contribution in [0.4, 0.5) is 0 Å². The van der Waals surface area contributed by atoms with Gasteiger partial charge in [-0.15, -0.1) is 0 Å². The topological polar surface area (TPSA) is 43.7 Å². The summed E-state index contributed by atoms with van der Waals surface area (Å²) in [6, 6.07) is 0. The summed E-state index contributed by atoms with van der Waals surface area (Å²) < 4.78 is 0. The second-order valence-corrected chi connectivity index (χ2v) is 6.02.